The molecular weight excluding hydrogens is 372 g/mol. The molecule has 0 fully saturated rings. The lowest BCUT2D eigenvalue weighted by atomic mass is 10.0. The Morgan fingerprint density at radius 1 is 0.862 bits per heavy atom. The maximum Gasteiger partial charge on any atom is 0.426 e. The van der Waals surface area contributed by atoms with Crippen molar-refractivity contribution in [3.63, 3.8) is 0 Å². The Bertz CT molecular complexity index is 490. The Morgan fingerprint density at radius 3 is 1.93 bits per heavy atom. The van der Waals surface area contributed by atoms with E-state index in [0.29, 0.717) is 6.54 Å². The van der Waals surface area contributed by atoms with Crippen LogP contribution in [0.4, 0.5) is 9.59 Å². The van der Waals surface area contributed by atoms with Crippen molar-refractivity contribution in [1.82, 2.24) is 21.5 Å². The molecular formula is C21H42N4O4. The number of carbonyl (C=O) groups excluding carboxylic acids is 3. The molecule has 0 radical (unpaired) electrons. The molecule has 0 aliphatic rings. The largest absolute Gasteiger partial charge is 0.443 e. The molecule has 8 nitrogen and oxygen atoms in total. The number of amides is 4. The van der Waals surface area contributed by atoms with Gasteiger partial charge in [-0.25, -0.2) is 15.0 Å². The molecule has 0 saturated heterocycles. The Labute approximate surface area is 176 Å². The van der Waals surface area contributed by atoms with E-state index in [1.165, 1.54) is 38.5 Å². The lowest BCUT2D eigenvalue weighted by Gasteiger charge is -2.23. The Balaban J connectivity index is 4.10. The highest BCUT2D eigenvalue weighted by atomic mass is 16.6. The molecule has 8 heteroatoms. The highest BCUT2D eigenvalue weighted by Gasteiger charge is 2.25. The summed E-state index contributed by atoms with van der Waals surface area (Å²) in [5.74, 6) is -0.655. The van der Waals surface area contributed by atoms with E-state index in [-0.39, 0.29) is 11.9 Å². The number of ether oxygens (including phenoxy) is 1. The van der Waals surface area contributed by atoms with E-state index in [9.17, 15) is 14.4 Å². The van der Waals surface area contributed by atoms with Crippen molar-refractivity contribution in [2.75, 3.05) is 6.54 Å². The minimum absolute atomic E-state index is 0.149. The minimum atomic E-state index is -0.775. The number of hydrazine groups is 1. The predicted molar refractivity (Wildman–Crippen MR) is 115 cm³/mol. The van der Waals surface area contributed by atoms with Gasteiger partial charge in [0.15, 0.2) is 0 Å². The summed E-state index contributed by atoms with van der Waals surface area (Å²) in [6.07, 6.45) is 8.81. The summed E-state index contributed by atoms with van der Waals surface area (Å²) in [6, 6.07) is -1.16. The average Bonchev–Trinajstić information content (AvgIpc) is 2.61. The molecule has 0 aliphatic heterocycles. The zero-order valence-electron chi connectivity index (χ0n) is 19.2. The number of carbonyl (C=O) groups is 3. The molecule has 0 heterocycles. The smallest absolute Gasteiger partial charge is 0.426 e. The lowest BCUT2D eigenvalue weighted by molar-refractivity contribution is -0.124. The molecule has 170 valence electrons. The van der Waals surface area contributed by atoms with Gasteiger partial charge < -0.3 is 15.4 Å². The maximum atomic E-state index is 12.3. The van der Waals surface area contributed by atoms with E-state index >= 15 is 0 Å². The standard InChI is InChI=1S/C21H42N4O4/c1-7-8-9-10-11-12-13-14-15-22-19(27)23-17(16(2)3)18(26)24-25-20(28)29-21(4,5)6/h16-17H,7-15H2,1-6H3,(H,24,26)(H,25,28)(H2,22,23,27)/t17-/m0/s1. The monoisotopic (exact) mass is 414 g/mol. The number of rotatable bonds is 12. The molecule has 0 aromatic heterocycles. The molecule has 0 aromatic carbocycles. The summed E-state index contributed by atoms with van der Waals surface area (Å²) in [5.41, 5.74) is 3.82. The SMILES string of the molecule is CCCCCCCCCCNC(=O)N[C@H](C(=O)NNC(=O)OC(C)(C)C)C(C)C. The maximum absolute atomic E-state index is 12.3. The average molecular weight is 415 g/mol. The second kappa shape index (κ2) is 14.9. The summed E-state index contributed by atoms with van der Waals surface area (Å²) in [5, 5.41) is 5.45. The van der Waals surface area contributed by atoms with Gasteiger partial charge in [0, 0.05) is 6.54 Å². The normalized spacial score (nSPS) is 12.2. The summed E-state index contributed by atoms with van der Waals surface area (Å²) in [7, 11) is 0. The van der Waals surface area contributed by atoms with Crippen molar-refractivity contribution in [2.45, 2.75) is 105 Å². The number of hydrogen-bond donors (Lipinski definition) is 4. The van der Waals surface area contributed by atoms with Gasteiger partial charge in [-0.2, -0.15) is 0 Å². The number of nitrogens with one attached hydrogen (secondary N) is 4. The highest BCUT2D eigenvalue weighted by Crippen LogP contribution is 2.08. The molecule has 4 amide bonds. The molecule has 0 rings (SSSR count). The minimum Gasteiger partial charge on any atom is -0.443 e. The first-order valence-corrected chi connectivity index (χ1v) is 10.9. The Morgan fingerprint density at radius 2 is 1.41 bits per heavy atom. The van der Waals surface area contributed by atoms with Crippen molar-refractivity contribution in [2.24, 2.45) is 5.92 Å². The van der Waals surface area contributed by atoms with Crippen LogP contribution in [0.2, 0.25) is 0 Å². The zero-order valence-corrected chi connectivity index (χ0v) is 19.2. The van der Waals surface area contributed by atoms with Gasteiger partial charge in [0.25, 0.3) is 5.91 Å². The molecule has 1 atom stereocenters. The molecule has 0 aromatic rings. The molecule has 0 saturated carbocycles. The second-order valence-corrected chi connectivity index (χ2v) is 8.71. The van der Waals surface area contributed by atoms with Crippen LogP contribution in [0.1, 0.15) is 92.9 Å². The van der Waals surface area contributed by atoms with E-state index in [1.807, 2.05) is 13.8 Å². The van der Waals surface area contributed by atoms with Crippen LogP contribution in [0.25, 0.3) is 0 Å². The van der Waals surface area contributed by atoms with Gasteiger partial charge in [-0.05, 0) is 33.1 Å². The fourth-order valence-corrected chi connectivity index (χ4v) is 2.68. The van der Waals surface area contributed by atoms with Crippen LogP contribution >= 0.6 is 0 Å². The molecule has 4 N–H and O–H groups in total. The van der Waals surface area contributed by atoms with Crippen LogP contribution in [0, 0.1) is 5.92 Å². The van der Waals surface area contributed by atoms with Gasteiger partial charge >= 0.3 is 12.1 Å². The Kier molecular flexibility index (Phi) is 13.9. The van der Waals surface area contributed by atoms with Gasteiger partial charge in [0.2, 0.25) is 0 Å². The van der Waals surface area contributed by atoms with Gasteiger partial charge in [0.1, 0.15) is 11.6 Å². The van der Waals surface area contributed by atoms with E-state index in [1.54, 1.807) is 20.8 Å². The molecule has 0 unspecified atom stereocenters. The van der Waals surface area contributed by atoms with Crippen molar-refractivity contribution < 1.29 is 19.1 Å². The van der Waals surface area contributed by atoms with Gasteiger partial charge in [-0.1, -0.05) is 65.7 Å². The zero-order chi connectivity index (χ0) is 22.3. The fraction of sp³-hybridized carbons (Fsp3) is 0.857. The van der Waals surface area contributed by atoms with Crippen molar-refractivity contribution in [3.8, 4) is 0 Å². The first kappa shape index (κ1) is 27.0. The summed E-state index contributed by atoms with van der Waals surface area (Å²) < 4.78 is 5.06. The van der Waals surface area contributed by atoms with E-state index in [2.05, 4.69) is 28.4 Å². The third-order valence-corrected chi connectivity index (χ3v) is 4.24. The first-order valence-electron chi connectivity index (χ1n) is 10.9. The van der Waals surface area contributed by atoms with Crippen LogP contribution < -0.4 is 21.5 Å². The third kappa shape index (κ3) is 15.6. The van der Waals surface area contributed by atoms with Crippen LogP contribution in [-0.2, 0) is 9.53 Å². The quantitative estimate of drug-likeness (QED) is 0.286. The summed E-state index contributed by atoms with van der Waals surface area (Å²) in [6.45, 7) is 11.6. The Hall–Kier alpha value is -1.99. The van der Waals surface area contributed by atoms with Gasteiger partial charge in [0.05, 0.1) is 0 Å². The van der Waals surface area contributed by atoms with E-state index < -0.39 is 23.6 Å². The predicted octanol–water partition coefficient (Wildman–Crippen LogP) is 4.01. The first-order chi connectivity index (χ1) is 13.6. The third-order valence-electron chi connectivity index (χ3n) is 4.24. The van der Waals surface area contributed by atoms with Gasteiger partial charge in [-0.15, -0.1) is 0 Å². The van der Waals surface area contributed by atoms with Crippen LogP contribution in [0.15, 0.2) is 0 Å². The topological polar surface area (TPSA) is 109 Å². The molecule has 0 spiro atoms. The summed E-state index contributed by atoms with van der Waals surface area (Å²) >= 11 is 0. The second-order valence-electron chi connectivity index (χ2n) is 8.71. The van der Waals surface area contributed by atoms with Crippen molar-refractivity contribution in [3.05, 3.63) is 0 Å². The number of unbranched alkanes of at least 4 members (excludes halogenated alkanes) is 7. The number of urea groups is 1. The van der Waals surface area contributed by atoms with E-state index in [4.69, 9.17) is 4.74 Å². The molecule has 0 aliphatic carbocycles. The van der Waals surface area contributed by atoms with Crippen LogP contribution in [0.5, 0.6) is 0 Å². The van der Waals surface area contributed by atoms with Crippen molar-refractivity contribution >= 4 is 18.0 Å². The van der Waals surface area contributed by atoms with Crippen LogP contribution in [0.3, 0.4) is 0 Å². The lowest BCUT2D eigenvalue weighted by Crippen LogP contribution is -2.56. The highest BCUT2D eigenvalue weighted by molar-refractivity contribution is 5.88. The van der Waals surface area contributed by atoms with E-state index in [0.717, 1.165) is 12.8 Å². The van der Waals surface area contributed by atoms with Crippen LogP contribution in [-0.4, -0.2) is 36.2 Å². The van der Waals surface area contributed by atoms with Gasteiger partial charge in [-0.3, -0.25) is 10.2 Å². The molecule has 0 bridgehead atoms. The van der Waals surface area contributed by atoms with Crippen molar-refractivity contribution in [1.29, 1.82) is 0 Å². The fourth-order valence-electron chi connectivity index (χ4n) is 2.68. The summed E-state index contributed by atoms with van der Waals surface area (Å²) in [4.78, 5) is 36.0. The molecule has 29 heavy (non-hydrogen) atoms. The number of hydrogen-bond acceptors (Lipinski definition) is 4.